The second-order valence-corrected chi connectivity index (χ2v) is 4.21. The molecule has 2 rings (SSSR count). The van der Waals surface area contributed by atoms with E-state index in [9.17, 15) is 9.18 Å². The largest absolute Gasteiger partial charge is 0.369 e. The van der Waals surface area contributed by atoms with Crippen LogP contribution < -0.4 is 11.1 Å². The number of hydrogen-bond acceptors (Lipinski definition) is 2. The maximum atomic E-state index is 13.6. The minimum absolute atomic E-state index is 0.0347. The summed E-state index contributed by atoms with van der Waals surface area (Å²) in [5.74, 6) is -0.682. The highest BCUT2D eigenvalue weighted by molar-refractivity contribution is 5.77. The van der Waals surface area contributed by atoms with Crippen molar-refractivity contribution in [1.29, 1.82) is 0 Å². The van der Waals surface area contributed by atoms with Crippen molar-refractivity contribution in [2.45, 2.75) is 12.3 Å². The first-order valence-corrected chi connectivity index (χ1v) is 5.43. The van der Waals surface area contributed by atoms with Gasteiger partial charge in [-0.15, -0.1) is 0 Å². The summed E-state index contributed by atoms with van der Waals surface area (Å²) in [6, 6.07) is 6.70. The van der Waals surface area contributed by atoms with E-state index in [1.165, 1.54) is 6.07 Å². The molecule has 1 amide bonds. The first kappa shape index (κ1) is 11.1. The van der Waals surface area contributed by atoms with Crippen molar-refractivity contribution < 1.29 is 9.18 Å². The van der Waals surface area contributed by atoms with Crippen LogP contribution in [0.1, 0.15) is 17.9 Å². The SMILES string of the molecule is NC(=O)[C@H]1CNC[C@@H](c2ccccc2F)C1. The molecule has 1 saturated heterocycles. The first-order valence-electron chi connectivity index (χ1n) is 5.43. The second-order valence-electron chi connectivity index (χ2n) is 4.21. The molecule has 2 atom stereocenters. The van der Waals surface area contributed by atoms with Gasteiger partial charge in [-0.2, -0.15) is 0 Å². The molecule has 1 aromatic rings. The van der Waals surface area contributed by atoms with Gasteiger partial charge in [0.1, 0.15) is 5.82 Å². The molecule has 0 saturated carbocycles. The van der Waals surface area contributed by atoms with Crippen LogP contribution in [0, 0.1) is 11.7 Å². The van der Waals surface area contributed by atoms with E-state index in [1.807, 2.05) is 6.07 Å². The molecule has 3 N–H and O–H groups in total. The molecule has 86 valence electrons. The average molecular weight is 222 g/mol. The number of primary amides is 1. The summed E-state index contributed by atoms with van der Waals surface area (Å²) < 4.78 is 13.6. The maximum absolute atomic E-state index is 13.6. The monoisotopic (exact) mass is 222 g/mol. The Bertz CT molecular complexity index is 394. The highest BCUT2D eigenvalue weighted by Gasteiger charge is 2.27. The predicted molar refractivity (Wildman–Crippen MR) is 59.3 cm³/mol. The van der Waals surface area contributed by atoms with E-state index in [0.29, 0.717) is 25.1 Å². The van der Waals surface area contributed by atoms with Crippen LogP contribution in [0.15, 0.2) is 24.3 Å². The fourth-order valence-corrected chi connectivity index (χ4v) is 2.20. The number of hydrogen-bond donors (Lipinski definition) is 2. The molecule has 0 radical (unpaired) electrons. The molecular formula is C12H15FN2O. The van der Waals surface area contributed by atoms with E-state index in [-0.39, 0.29) is 23.6 Å². The third-order valence-electron chi connectivity index (χ3n) is 3.10. The summed E-state index contributed by atoms with van der Waals surface area (Å²) in [5, 5.41) is 3.12. The Labute approximate surface area is 93.8 Å². The second kappa shape index (κ2) is 4.61. The van der Waals surface area contributed by atoms with Crippen LogP contribution in [0.5, 0.6) is 0 Å². The Morgan fingerprint density at radius 3 is 2.81 bits per heavy atom. The van der Waals surface area contributed by atoms with Crippen LogP contribution in [0.3, 0.4) is 0 Å². The van der Waals surface area contributed by atoms with Gasteiger partial charge in [-0.1, -0.05) is 18.2 Å². The fraction of sp³-hybridized carbons (Fsp3) is 0.417. The number of halogens is 1. The van der Waals surface area contributed by atoms with Gasteiger partial charge in [0.25, 0.3) is 0 Å². The predicted octanol–water partition coefficient (Wildman–Crippen LogP) is 1.00. The van der Waals surface area contributed by atoms with Crippen molar-refractivity contribution in [1.82, 2.24) is 5.32 Å². The minimum Gasteiger partial charge on any atom is -0.369 e. The number of carbonyl (C=O) groups is 1. The van der Waals surface area contributed by atoms with Crippen LogP contribution >= 0.6 is 0 Å². The van der Waals surface area contributed by atoms with Gasteiger partial charge >= 0.3 is 0 Å². The van der Waals surface area contributed by atoms with E-state index < -0.39 is 0 Å². The van der Waals surface area contributed by atoms with Crippen molar-refractivity contribution in [2.75, 3.05) is 13.1 Å². The molecule has 0 unspecified atom stereocenters. The van der Waals surface area contributed by atoms with E-state index in [0.717, 1.165) is 0 Å². The highest BCUT2D eigenvalue weighted by atomic mass is 19.1. The van der Waals surface area contributed by atoms with Gasteiger partial charge in [0, 0.05) is 19.0 Å². The van der Waals surface area contributed by atoms with E-state index in [2.05, 4.69) is 5.32 Å². The molecule has 1 heterocycles. The molecule has 16 heavy (non-hydrogen) atoms. The quantitative estimate of drug-likeness (QED) is 0.784. The number of nitrogens with one attached hydrogen (secondary N) is 1. The van der Waals surface area contributed by atoms with Gasteiger partial charge in [-0.25, -0.2) is 4.39 Å². The number of piperidine rings is 1. The summed E-state index contributed by atoms with van der Waals surface area (Å²) in [7, 11) is 0. The van der Waals surface area contributed by atoms with Crippen LogP contribution in [0.4, 0.5) is 4.39 Å². The van der Waals surface area contributed by atoms with Crippen molar-refractivity contribution in [3.8, 4) is 0 Å². The lowest BCUT2D eigenvalue weighted by molar-refractivity contribution is -0.122. The first-order chi connectivity index (χ1) is 7.68. The van der Waals surface area contributed by atoms with Crippen molar-refractivity contribution in [2.24, 2.45) is 11.7 Å². The Morgan fingerprint density at radius 1 is 1.38 bits per heavy atom. The lowest BCUT2D eigenvalue weighted by atomic mass is 9.85. The highest BCUT2D eigenvalue weighted by Crippen LogP contribution is 2.27. The summed E-state index contributed by atoms with van der Waals surface area (Å²) in [6.07, 6.45) is 0.628. The maximum Gasteiger partial charge on any atom is 0.221 e. The number of carbonyl (C=O) groups excluding carboxylic acids is 1. The average Bonchev–Trinajstić information content (AvgIpc) is 2.30. The summed E-state index contributed by atoms with van der Waals surface area (Å²) in [6.45, 7) is 1.30. The van der Waals surface area contributed by atoms with Gasteiger partial charge in [0.15, 0.2) is 0 Å². The molecule has 1 fully saturated rings. The number of rotatable bonds is 2. The normalized spacial score (nSPS) is 25.3. The lowest BCUT2D eigenvalue weighted by Crippen LogP contribution is -2.41. The van der Waals surface area contributed by atoms with Crippen LogP contribution in [0.2, 0.25) is 0 Å². The summed E-state index contributed by atoms with van der Waals surface area (Å²) >= 11 is 0. The van der Waals surface area contributed by atoms with Crippen molar-refractivity contribution in [3.05, 3.63) is 35.6 Å². The van der Waals surface area contributed by atoms with Crippen molar-refractivity contribution >= 4 is 5.91 Å². The smallest absolute Gasteiger partial charge is 0.221 e. The molecule has 1 aliphatic rings. The fourth-order valence-electron chi connectivity index (χ4n) is 2.20. The van der Waals surface area contributed by atoms with Gasteiger partial charge < -0.3 is 11.1 Å². The molecule has 4 heteroatoms. The van der Waals surface area contributed by atoms with Gasteiger partial charge in [-0.05, 0) is 18.1 Å². The van der Waals surface area contributed by atoms with Crippen LogP contribution in [-0.4, -0.2) is 19.0 Å². The molecule has 0 bridgehead atoms. The standard InChI is InChI=1S/C12H15FN2O/c13-11-4-2-1-3-10(11)8-5-9(12(14)16)7-15-6-8/h1-4,8-9,15H,5-7H2,(H2,14,16)/t8-,9+/m0/s1. The van der Waals surface area contributed by atoms with E-state index in [4.69, 9.17) is 5.73 Å². The molecule has 0 spiro atoms. The molecule has 0 aliphatic carbocycles. The molecular weight excluding hydrogens is 207 g/mol. The Morgan fingerprint density at radius 2 is 2.12 bits per heavy atom. The summed E-state index contributed by atoms with van der Waals surface area (Å²) in [5.41, 5.74) is 5.94. The van der Waals surface area contributed by atoms with Gasteiger partial charge in [0.05, 0.1) is 5.92 Å². The Kier molecular flexibility index (Phi) is 3.19. The topological polar surface area (TPSA) is 55.1 Å². The minimum atomic E-state index is -0.312. The number of nitrogens with two attached hydrogens (primary N) is 1. The van der Waals surface area contributed by atoms with Crippen molar-refractivity contribution in [3.63, 3.8) is 0 Å². The molecule has 0 aromatic heterocycles. The third-order valence-corrected chi connectivity index (χ3v) is 3.10. The Balaban J connectivity index is 2.16. The van der Waals surface area contributed by atoms with Crippen LogP contribution in [-0.2, 0) is 4.79 Å². The number of benzene rings is 1. The zero-order valence-electron chi connectivity index (χ0n) is 8.95. The number of amides is 1. The van der Waals surface area contributed by atoms with E-state index in [1.54, 1.807) is 12.1 Å². The third kappa shape index (κ3) is 2.22. The zero-order chi connectivity index (χ0) is 11.5. The van der Waals surface area contributed by atoms with Gasteiger partial charge in [0.2, 0.25) is 5.91 Å². The molecule has 1 aromatic carbocycles. The van der Waals surface area contributed by atoms with Gasteiger partial charge in [-0.3, -0.25) is 4.79 Å². The molecule has 1 aliphatic heterocycles. The van der Waals surface area contributed by atoms with Crippen LogP contribution in [0.25, 0.3) is 0 Å². The Hall–Kier alpha value is -1.42. The summed E-state index contributed by atoms with van der Waals surface area (Å²) in [4.78, 5) is 11.1. The lowest BCUT2D eigenvalue weighted by Gasteiger charge is -2.28. The van der Waals surface area contributed by atoms with E-state index >= 15 is 0 Å². The zero-order valence-corrected chi connectivity index (χ0v) is 8.95. The molecule has 3 nitrogen and oxygen atoms in total.